The number of rotatable bonds is 5. The molecule has 4 nitrogen and oxygen atoms in total. The lowest BCUT2D eigenvalue weighted by Crippen LogP contribution is -2.12. The van der Waals surface area contributed by atoms with Crippen molar-refractivity contribution in [3.05, 3.63) is 99.9 Å². The number of furan rings is 1. The van der Waals surface area contributed by atoms with Gasteiger partial charge in [-0.25, -0.2) is 4.68 Å². The number of thiazole rings is 1. The van der Waals surface area contributed by atoms with Gasteiger partial charge in [-0.2, -0.15) is 5.10 Å². The Morgan fingerprint density at radius 2 is 1.81 bits per heavy atom. The Labute approximate surface area is 161 Å². The monoisotopic (exact) mass is 373 g/mol. The predicted octanol–water partition coefficient (Wildman–Crippen LogP) is 5.10. The maximum Gasteiger partial charge on any atom is 0.206 e. The van der Waals surface area contributed by atoms with Gasteiger partial charge >= 0.3 is 0 Å². The molecule has 0 radical (unpaired) electrons. The quantitative estimate of drug-likeness (QED) is 0.449. The van der Waals surface area contributed by atoms with Gasteiger partial charge in [0.2, 0.25) is 4.80 Å². The first-order valence-electron chi connectivity index (χ1n) is 8.69. The molecule has 0 saturated heterocycles. The zero-order valence-electron chi connectivity index (χ0n) is 14.9. The number of aryl methyl sites for hydroxylation is 1. The average molecular weight is 373 g/mol. The highest BCUT2D eigenvalue weighted by Gasteiger charge is 2.09. The Morgan fingerprint density at radius 3 is 2.56 bits per heavy atom. The van der Waals surface area contributed by atoms with Crippen LogP contribution < -0.4 is 4.80 Å². The fourth-order valence-electron chi connectivity index (χ4n) is 2.63. The summed E-state index contributed by atoms with van der Waals surface area (Å²) < 4.78 is 7.41. The summed E-state index contributed by atoms with van der Waals surface area (Å²) in [4.78, 5) is 5.59. The van der Waals surface area contributed by atoms with Crippen LogP contribution in [0, 0.1) is 6.92 Å². The molecule has 2 heterocycles. The second-order valence-corrected chi connectivity index (χ2v) is 6.99. The summed E-state index contributed by atoms with van der Waals surface area (Å²) in [5, 5.41) is 6.71. The lowest BCUT2D eigenvalue weighted by Gasteiger charge is -2.01. The van der Waals surface area contributed by atoms with E-state index in [1.165, 1.54) is 11.1 Å². The van der Waals surface area contributed by atoms with E-state index in [1.54, 1.807) is 17.6 Å². The molecule has 0 aliphatic carbocycles. The van der Waals surface area contributed by atoms with E-state index in [9.17, 15) is 0 Å². The normalized spacial score (nSPS) is 12.1. The van der Waals surface area contributed by atoms with Gasteiger partial charge in [-0.15, -0.1) is 11.3 Å². The highest BCUT2D eigenvalue weighted by Crippen LogP contribution is 2.20. The molecule has 27 heavy (non-hydrogen) atoms. The van der Waals surface area contributed by atoms with Crippen LogP contribution in [-0.4, -0.2) is 10.9 Å². The molecule has 0 unspecified atom stereocenters. The van der Waals surface area contributed by atoms with Crippen molar-refractivity contribution in [2.75, 3.05) is 0 Å². The van der Waals surface area contributed by atoms with Crippen LogP contribution in [0.4, 0.5) is 0 Å². The molecule has 0 spiro atoms. The lowest BCUT2D eigenvalue weighted by molar-refractivity contribution is 0.575. The minimum Gasteiger partial charge on any atom is -0.463 e. The van der Waals surface area contributed by atoms with Gasteiger partial charge in [-0.3, -0.25) is 4.99 Å². The third-order valence-corrected chi connectivity index (χ3v) is 4.95. The molecule has 4 rings (SSSR count). The van der Waals surface area contributed by atoms with E-state index in [4.69, 9.17) is 9.41 Å². The van der Waals surface area contributed by atoms with E-state index in [2.05, 4.69) is 48.4 Å². The topological polar surface area (TPSA) is 42.8 Å². The summed E-state index contributed by atoms with van der Waals surface area (Å²) >= 11 is 1.55. The number of hydrogen-bond donors (Lipinski definition) is 0. The van der Waals surface area contributed by atoms with Crippen LogP contribution >= 0.6 is 11.3 Å². The molecule has 4 aromatic rings. The molecule has 0 atom stereocenters. The largest absolute Gasteiger partial charge is 0.463 e. The lowest BCUT2D eigenvalue weighted by atomic mass is 10.2. The fraction of sp³-hybridized carbons (Fsp3) is 0.0909. The van der Waals surface area contributed by atoms with E-state index in [1.807, 2.05) is 46.6 Å². The van der Waals surface area contributed by atoms with Crippen LogP contribution in [0.3, 0.4) is 0 Å². The summed E-state index contributed by atoms with van der Waals surface area (Å²) in [6.07, 6.45) is 3.52. The van der Waals surface area contributed by atoms with Crippen molar-refractivity contribution in [3.63, 3.8) is 0 Å². The van der Waals surface area contributed by atoms with Crippen LogP contribution in [0.2, 0.25) is 0 Å². The minimum absolute atomic E-state index is 0.610. The van der Waals surface area contributed by atoms with Crippen LogP contribution in [0.25, 0.3) is 11.5 Å². The first-order chi connectivity index (χ1) is 13.3. The molecule has 0 aliphatic rings. The van der Waals surface area contributed by atoms with Gasteiger partial charge in [0.15, 0.2) is 5.76 Å². The van der Waals surface area contributed by atoms with Gasteiger partial charge in [0.05, 0.1) is 19.0 Å². The maximum absolute atomic E-state index is 5.57. The second kappa shape index (κ2) is 8.01. The van der Waals surface area contributed by atoms with Crippen LogP contribution in [0.15, 0.2) is 92.9 Å². The van der Waals surface area contributed by atoms with Gasteiger partial charge in [0, 0.05) is 5.38 Å². The number of nitrogens with zero attached hydrogens (tertiary/aromatic N) is 3. The third-order valence-electron chi connectivity index (χ3n) is 4.10. The van der Waals surface area contributed by atoms with Gasteiger partial charge in [-0.05, 0) is 30.2 Å². The Balaban J connectivity index is 1.72. The van der Waals surface area contributed by atoms with E-state index < -0.39 is 0 Å². The molecule has 0 N–H and O–H groups in total. The Kier molecular flexibility index (Phi) is 5.12. The van der Waals surface area contributed by atoms with Crippen molar-refractivity contribution >= 4 is 17.6 Å². The van der Waals surface area contributed by atoms with Crippen molar-refractivity contribution in [1.29, 1.82) is 0 Å². The molecule has 2 aromatic heterocycles. The molecule has 5 heteroatoms. The molecule has 0 bridgehead atoms. The number of benzene rings is 2. The van der Waals surface area contributed by atoms with E-state index in [0.29, 0.717) is 6.54 Å². The van der Waals surface area contributed by atoms with Crippen molar-refractivity contribution in [3.8, 4) is 11.5 Å². The second-order valence-electron chi connectivity index (χ2n) is 6.15. The molecular formula is C22H19N3OS. The van der Waals surface area contributed by atoms with Crippen LogP contribution in [0.5, 0.6) is 0 Å². The first kappa shape index (κ1) is 17.2. The molecule has 134 valence electrons. The summed E-state index contributed by atoms with van der Waals surface area (Å²) in [6, 6.07) is 22.3. The van der Waals surface area contributed by atoms with Crippen molar-refractivity contribution in [2.45, 2.75) is 13.5 Å². The van der Waals surface area contributed by atoms with Crippen molar-refractivity contribution in [1.82, 2.24) is 4.68 Å². The zero-order valence-corrected chi connectivity index (χ0v) is 15.8. The highest BCUT2D eigenvalue weighted by atomic mass is 32.1. The Hall–Kier alpha value is -3.18. The molecular weight excluding hydrogens is 354 g/mol. The smallest absolute Gasteiger partial charge is 0.206 e. The summed E-state index contributed by atoms with van der Waals surface area (Å²) in [5.74, 6) is 0.772. The molecule has 0 fully saturated rings. The van der Waals surface area contributed by atoms with Crippen LogP contribution in [-0.2, 0) is 6.54 Å². The van der Waals surface area contributed by atoms with Gasteiger partial charge in [-0.1, -0.05) is 60.2 Å². The van der Waals surface area contributed by atoms with Gasteiger partial charge in [0.25, 0.3) is 0 Å². The van der Waals surface area contributed by atoms with E-state index in [-0.39, 0.29) is 0 Å². The minimum atomic E-state index is 0.610. The average Bonchev–Trinajstić information content (AvgIpc) is 3.36. The predicted molar refractivity (Wildman–Crippen MR) is 110 cm³/mol. The SMILES string of the molecule is Cc1ccc(C=Nn2c(-c3ccco3)csc2=NCc2ccccc2)cc1. The Bertz CT molecular complexity index is 1090. The van der Waals surface area contributed by atoms with E-state index >= 15 is 0 Å². The van der Waals surface area contributed by atoms with Crippen molar-refractivity contribution < 1.29 is 4.42 Å². The van der Waals surface area contributed by atoms with Gasteiger partial charge in [0.1, 0.15) is 5.69 Å². The summed E-state index contributed by atoms with van der Waals surface area (Å²) in [5.41, 5.74) is 4.32. The molecule has 0 saturated carbocycles. The summed E-state index contributed by atoms with van der Waals surface area (Å²) in [7, 11) is 0. The maximum atomic E-state index is 5.57. The first-order valence-corrected chi connectivity index (χ1v) is 9.57. The van der Waals surface area contributed by atoms with E-state index in [0.717, 1.165) is 21.8 Å². The molecule has 0 amide bonds. The Morgan fingerprint density at radius 1 is 1.00 bits per heavy atom. The van der Waals surface area contributed by atoms with Crippen LogP contribution in [0.1, 0.15) is 16.7 Å². The standard InChI is InChI=1S/C22H19N3OS/c1-17-9-11-19(12-10-17)15-24-25-20(21-8-5-13-26-21)16-27-22(25)23-14-18-6-3-2-4-7-18/h2-13,15-16H,14H2,1H3. The third kappa shape index (κ3) is 4.15. The molecule has 2 aromatic carbocycles. The van der Waals surface area contributed by atoms with Crippen molar-refractivity contribution in [2.24, 2.45) is 10.1 Å². The highest BCUT2D eigenvalue weighted by molar-refractivity contribution is 7.07. The number of hydrogen-bond acceptors (Lipinski definition) is 4. The zero-order chi connectivity index (χ0) is 18.5. The number of aromatic nitrogens is 1. The summed E-state index contributed by atoms with van der Waals surface area (Å²) in [6.45, 7) is 2.68. The van der Waals surface area contributed by atoms with Gasteiger partial charge < -0.3 is 4.42 Å². The fourth-order valence-corrected chi connectivity index (χ4v) is 3.45. The molecule has 0 aliphatic heterocycles.